The first-order chi connectivity index (χ1) is 7.66. The van der Waals surface area contributed by atoms with Crippen molar-refractivity contribution in [3.05, 3.63) is 28.5 Å². The molecule has 3 nitrogen and oxygen atoms in total. The van der Waals surface area contributed by atoms with E-state index in [9.17, 15) is 4.79 Å². The van der Waals surface area contributed by atoms with E-state index in [1.54, 1.807) is 12.4 Å². The van der Waals surface area contributed by atoms with Gasteiger partial charge in [0, 0.05) is 35.2 Å². The molecule has 1 heterocycles. The third kappa shape index (κ3) is 2.18. The topological polar surface area (TPSA) is 56.0 Å². The molecule has 1 aliphatic rings. The van der Waals surface area contributed by atoms with Crippen molar-refractivity contribution in [1.29, 1.82) is 0 Å². The van der Waals surface area contributed by atoms with Gasteiger partial charge in [-0.15, -0.1) is 0 Å². The minimum Gasteiger partial charge on any atom is -0.329 e. The Hall–Kier alpha value is -0.740. The van der Waals surface area contributed by atoms with Gasteiger partial charge in [0.25, 0.3) is 0 Å². The number of aromatic nitrogens is 1. The zero-order valence-electron chi connectivity index (χ0n) is 9.08. The number of hydrogen-bond donors (Lipinski definition) is 1. The first-order valence-corrected chi connectivity index (χ1v) is 6.28. The smallest absolute Gasteiger partial charge is 0.144 e. The summed E-state index contributed by atoms with van der Waals surface area (Å²) in [6, 6.07) is 1.94. The van der Waals surface area contributed by atoms with Crippen LogP contribution >= 0.6 is 15.9 Å². The van der Waals surface area contributed by atoms with Crippen LogP contribution in [0.3, 0.4) is 0 Å². The van der Waals surface area contributed by atoms with Crippen LogP contribution in [0.1, 0.15) is 24.8 Å². The number of carbonyl (C=O) groups is 1. The van der Waals surface area contributed by atoms with Gasteiger partial charge < -0.3 is 5.73 Å². The van der Waals surface area contributed by atoms with Gasteiger partial charge in [-0.3, -0.25) is 9.78 Å². The Morgan fingerprint density at radius 2 is 2.25 bits per heavy atom. The summed E-state index contributed by atoms with van der Waals surface area (Å²) in [4.78, 5) is 16.2. The van der Waals surface area contributed by atoms with E-state index in [2.05, 4.69) is 20.9 Å². The van der Waals surface area contributed by atoms with Crippen LogP contribution < -0.4 is 5.73 Å². The molecule has 86 valence electrons. The van der Waals surface area contributed by atoms with Crippen LogP contribution in [-0.4, -0.2) is 17.3 Å². The Bertz CT molecular complexity index is 396. The molecule has 16 heavy (non-hydrogen) atoms. The van der Waals surface area contributed by atoms with E-state index < -0.39 is 0 Å². The van der Waals surface area contributed by atoms with Crippen LogP contribution in [0.15, 0.2) is 22.9 Å². The summed E-state index contributed by atoms with van der Waals surface area (Å²) in [7, 11) is 0. The Morgan fingerprint density at radius 3 is 2.75 bits per heavy atom. The Labute approximate surface area is 104 Å². The molecule has 0 atom stereocenters. The largest absolute Gasteiger partial charge is 0.329 e. The molecule has 1 aromatic rings. The molecule has 1 aromatic heterocycles. The van der Waals surface area contributed by atoms with E-state index in [1.807, 2.05) is 6.07 Å². The van der Waals surface area contributed by atoms with E-state index in [-0.39, 0.29) is 11.2 Å². The van der Waals surface area contributed by atoms with Crippen molar-refractivity contribution >= 4 is 21.7 Å². The summed E-state index contributed by atoms with van der Waals surface area (Å²) >= 11 is 3.35. The molecule has 0 aliphatic heterocycles. The van der Waals surface area contributed by atoms with E-state index in [0.29, 0.717) is 13.0 Å². The fourth-order valence-corrected chi connectivity index (χ4v) is 2.54. The zero-order valence-corrected chi connectivity index (χ0v) is 10.7. The Morgan fingerprint density at radius 1 is 1.50 bits per heavy atom. The maximum atomic E-state index is 12.1. The van der Waals surface area contributed by atoms with Gasteiger partial charge in [0.15, 0.2) is 0 Å². The van der Waals surface area contributed by atoms with Gasteiger partial charge in [-0.2, -0.15) is 0 Å². The first-order valence-electron chi connectivity index (χ1n) is 5.49. The van der Waals surface area contributed by atoms with Crippen molar-refractivity contribution in [2.24, 2.45) is 11.1 Å². The van der Waals surface area contributed by atoms with Crippen LogP contribution in [-0.2, 0) is 11.2 Å². The fourth-order valence-electron chi connectivity index (χ4n) is 2.13. The van der Waals surface area contributed by atoms with Gasteiger partial charge in [0.2, 0.25) is 0 Å². The molecule has 0 radical (unpaired) electrons. The van der Waals surface area contributed by atoms with Crippen LogP contribution in [0.2, 0.25) is 0 Å². The number of carbonyl (C=O) groups excluding carboxylic acids is 1. The number of rotatable bonds is 4. The molecule has 0 aromatic carbocycles. The van der Waals surface area contributed by atoms with Crippen molar-refractivity contribution in [3.8, 4) is 0 Å². The van der Waals surface area contributed by atoms with E-state index in [4.69, 9.17) is 5.73 Å². The number of hydrogen-bond acceptors (Lipinski definition) is 3. The molecule has 0 saturated heterocycles. The fraction of sp³-hybridized carbons (Fsp3) is 0.500. The standard InChI is InChI=1S/C12H15BrN2O/c13-10-4-9(6-15-7-10)5-11(16)12(8-14)2-1-3-12/h4,6-7H,1-3,5,8,14H2. The maximum Gasteiger partial charge on any atom is 0.144 e. The van der Waals surface area contributed by atoms with Gasteiger partial charge in [0.05, 0.1) is 0 Å². The van der Waals surface area contributed by atoms with Crippen LogP contribution in [0, 0.1) is 5.41 Å². The molecule has 0 unspecified atom stereocenters. The molecular formula is C12H15BrN2O. The van der Waals surface area contributed by atoms with Crippen molar-refractivity contribution in [1.82, 2.24) is 4.98 Å². The number of pyridine rings is 1. The summed E-state index contributed by atoms with van der Waals surface area (Å²) < 4.78 is 0.910. The summed E-state index contributed by atoms with van der Waals surface area (Å²) in [6.45, 7) is 0.479. The van der Waals surface area contributed by atoms with E-state index >= 15 is 0 Å². The molecular weight excluding hydrogens is 268 g/mol. The molecule has 0 spiro atoms. The predicted molar refractivity (Wildman–Crippen MR) is 66.0 cm³/mol. The van der Waals surface area contributed by atoms with E-state index in [0.717, 1.165) is 29.3 Å². The lowest BCUT2D eigenvalue weighted by Crippen LogP contribution is -2.45. The van der Waals surface area contributed by atoms with Crippen LogP contribution in [0.4, 0.5) is 0 Å². The minimum absolute atomic E-state index is 0.234. The van der Waals surface area contributed by atoms with Gasteiger partial charge in [-0.1, -0.05) is 6.42 Å². The van der Waals surface area contributed by atoms with Gasteiger partial charge >= 0.3 is 0 Å². The second-order valence-electron chi connectivity index (χ2n) is 4.45. The number of nitrogens with two attached hydrogens (primary N) is 1. The zero-order chi connectivity index (χ0) is 11.6. The maximum absolute atomic E-state index is 12.1. The third-order valence-corrected chi connectivity index (χ3v) is 3.85. The average molecular weight is 283 g/mol. The summed E-state index contributed by atoms with van der Waals surface area (Å²) in [5.74, 6) is 0.265. The molecule has 0 bridgehead atoms. The predicted octanol–water partition coefficient (Wildman–Crippen LogP) is 2.08. The Balaban J connectivity index is 2.07. The van der Waals surface area contributed by atoms with Crippen molar-refractivity contribution in [3.63, 3.8) is 0 Å². The molecule has 0 amide bonds. The molecule has 1 saturated carbocycles. The second kappa shape index (κ2) is 4.63. The van der Waals surface area contributed by atoms with Crippen LogP contribution in [0.25, 0.3) is 0 Å². The molecule has 2 rings (SSSR count). The number of Topliss-reactive ketones (excluding diaryl/α,β-unsaturated/α-hetero) is 1. The molecule has 4 heteroatoms. The monoisotopic (exact) mass is 282 g/mol. The molecule has 1 aliphatic carbocycles. The highest BCUT2D eigenvalue weighted by Gasteiger charge is 2.41. The Kier molecular flexibility index (Phi) is 3.40. The first kappa shape index (κ1) is 11.7. The SMILES string of the molecule is NCC1(C(=O)Cc2cncc(Br)c2)CCC1. The number of halogens is 1. The summed E-state index contributed by atoms with van der Waals surface area (Å²) in [6.07, 6.45) is 6.93. The lowest BCUT2D eigenvalue weighted by atomic mass is 9.65. The highest BCUT2D eigenvalue weighted by Crippen LogP contribution is 2.41. The minimum atomic E-state index is -0.234. The lowest BCUT2D eigenvalue weighted by molar-refractivity contribution is -0.132. The van der Waals surface area contributed by atoms with Crippen molar-refractivity contribution < 1.29 is 4.79 Å². The third-order valence-electron chi connectivity index (χ3n) is 3.42. The highest BCUT2D eigenvalue weighted by atomic mass is 79.9. The molecule has 1 fully saturated rings. The highest BCUT2D eigenvalue weighted by molar-refractivity contribution is 9.10. The summed E-state index contributed by atoms with van der Waals surface area (Å²) in [5.41, 5.74) is 6.43. The van der Waals surface area contributed by atoms with Gasteiger partial charge in [-0.25, -0.2) is 0 Å². The van der Waals surface area contributed by atoms with Gasteiger partial charge in [0.1, 0.15) is 5.78 Å². The number of nitrogens with zero attached hydrogens (tertiary/aromatic N) is 1. The summed E-state index contributed by atoms with van der Waals surface area (Å²) in [5, 5.41) is 0. The average Bonchev–Trinajstić information content (AvgIpc) is 2.16. The van der Waals surface area contributed by atoms with Crippen molar-refractivity contribution in [2.45, 2.75) is 25.7 Å². The number of ketones is 1. The lowest BCUT2D eigenvalue weighted by Gasteiger charge is -2.39. The van der Waals surface area contributed by atoms with E-state index in [1.165, 1.54) is 0 Å². The van der Waals surface area contributed by atoms with Crippen molar-refractivity contribution in [2.75, 3.05) is 6.54 Å². The quantitative estimate of drug-likeness (QED) is 0.920. The normalized spacial score (nSPS) is 17.9. The van der Waals surface area contributed by atoms with Crippen LogP contribution in [0.5, 0.6) is 0 Å². The molecule has 2 N–H and O–H groups in total. The second-order valence-corrected chi connectivity index (χ2v) is 5.37. The van der Waals surface area contributed by atoms with Gasteiger partial charge in [-0.05, 0) is 40.4 Å².